The average molecular weight is 250 g/mol. The van der Waals surface area contributed by atoms with Crippen LogP contribution >= 0.6 is 0 Å². The Balaban J connectivity index is 2.20. The number of para-hydroxylation sites is 1. The van der Waals surface area contributed by atoms with Crippen molar-refractivity contribution in [2.24, 2.45) is 5.92 Å². The van der Waals surface area contributed by atoms with Gasteiger partial charge in [0.1, 0.15) is 0 Å². The molecule has 0 aliphatic heterocycles. The van der Waals surface area contributed by atoms with Gasteiger partial charge in [0.05, 0.1) is 13.0 Å². The largest absolute Gasteiger partial charge is 0.398 e. The summed E-state index contributed by atoms with van der Waals surface area (Å²) in [7, 11) is 0. The number of rotatable bonds is 7. The fourth-order valence-electron chi connectivity index (χ4n) is 1.51. The van der Waals surface area contributed by atoms with E-state index in [9.17, 15) is 4.79 Å². The molecule has 1 amide bonds. The van der Waals surface area contributed by atoms with Crippen LogP contribution in [0, 0.1) is 5.92 Å². The second-order valence-electron chi connectivity index (χ2n) is 4.69. The minimum Gasteiger partial charge on any atom is -0.398 e. The highest BCUT2D eigenvalue weighted by Gasteiger charge is 2.05. The minimum absolute atomic E-state index is 0.0268. The van der Waals surface area contributed by atoms with Crippen molar-refractivity contribution in [1.82, 2.24) is 5.32 Å². The molecule has 0 bridgehead atoms. The summed E-state index contributed by atoms with van der Waals surface area (Å²) >= 11 is 0. The van der Waals surface area contributed by atoms with Crippen LogP contribution in [0.5, 0.6) is 0 Å². The van der Waals surface area contributed by atoms with Gasteiger partial charge in [-0.3, -0.25) is 4.79 Å². The molecule has 0 radical (unpaired) electrons. The van der Waals surface area contributed by atoms with E-state index in [-0.39, 0.29) is 5.91 Å². The molecule has 18 heavy (non-hydrogen) atoms. The van der Waals surface area contributed by atoms with E-state index in [1.165, 1.54) is 0 Å². The molecule has 1 rings (SSSR count). The van der Waals surface area contributed by atoms with Crippen molar-refractivity contribution in [1.29, 1.82) is 0 Å². The summed E-state index contributed by atoms with van der Waals surface area (Å²) in [6.07, 6.45) is 0.316. The van der Waals surface area contributed by atoms with E-state index in [0.29, 0.717) is 31.2 Å². The number of carbonyl (C=O) groups is 1. The first-order chi connectivity index (χ1) is 8.59. The number of nitrogens with one attached hydrogen (secondary N) is 1. The standard InChI is InChI=1S/C14H22N2O2/c1-11(2)10-18-8-7-16-14(17)9-12-5-3-4-6-13(12)15/h3-6,11H,7-10,15H2,1-2H3,(H,16,17). The summed E-state index contributed by atoms with van der Waals surface area (Å²) in [6, 6.07) is 7.40. The van der Waals surface area contributed by atoms with E-state index < -0.39 is 0 Å². The lowest BCUT2D eigenvalue weighted by atomic mass is 10.1. The van der Waals surface area contributed by atoms with Crippen molar-refractivity contribution >= 4 is 11.6 Å². The topological polar surface area (TPSA) is 64.3 Å². The Bertz CT molecular complexity index is 378. The molecule has 100 valence electrons. The molecule has 1 aromatic carbocycles. The zero-order valence-electron chi connectivity index (χ0n) is 11.1. The Kier molecular flexibility index (Phi) is 6.22. The van der Waals surface area contributed by atoms with Crippen LogP contribution in [-0.4, -0.2) is 25.7 Å². The number of anilines is 1. The number of nitrogens with two attached hydrogens (primary N) is 1. The van der Waals surface area contributed by atoms with Crippen molar-refractivity contribution in [2.45, 2.75) is 20.3 Å². The zero-order valence-corrected chi connectivity index (χ0v) is 11.1. The van der Waals surface area contributed by atoms with E-state index >= 15 is 0 Å². The third-order valence-corrected chi connectivity index (χ3v) is 2.43. The Morgan fingerprint density at radius 2 is 2.11 bits per heavy atom. The highest BCUT2D eigenvalue weighted by molar-refractivity contribution is 5.80. The molecule has 0 unspecified atom stereocenters. The summed E-state index contributed by atoms with van der Waals surface area (Å²) in [4.78, 5) is 11.6. The molecule has 0 fully saturated rings. The van der Waals surface area contributed by atoms with Gasteiger partial charge >= 0.3 is 0 Å². The minimum atomic E-state index is -0.0268. The van der Waals surface area contributed by atoms with E-state index in [0.717, 1.165) is 12.2 Å². The predicted octanol–water partition coefficient (Wildman–Crippen LogP) is 1.60. The third kappa shape index (κ3) is 5.68. The van der Waals surface area contributed by atoms with Gasteiger partial charge in [-0.1, -0.05) is 32.0 Å². The predicted molar refractivity (Wildman–Crippen MR) is 73.2 cm³/mol. The van der Waals surface area contributed by atoms with Gasteiger partial charge in [-0.2, -0.15) is 0 Å². The number of amides is 1. The maximum atomic E-state index is 11.6. The Morgan fingerprint density at radius 1 is 1.39 bits per heavy atom. The van der Waals surface area contributed by atoms with Crippen molar-refractivity contribution < 1.29 is 9.53 Å². The van der Waals surface area contributed by atoms with Gasteiger partial charge < -0.3 is 15.8 Å². The Labute approximate surface area is 109 Å². The molecule has 0 saturated heterocycles. The number of ether oxygens (including phenoxy) is 1. The van der Waals surface area contributed by atoms with Gasteiger partial charge in [0.25, 0.3) is 0 Å². The van der Waals surface area contributed by atoms with Gasteiger partial charge in [0.2, 0.25) is 5.91 Å². The number of hydrogen-bond acceptors (Lipinski definition) is 3. The van der Waals surface area contributed by atoms with Crippen molar-refractivity contribution in [3.63, 3.8) is 0 Å². The van der Waals surface area contributed by atoms with Crippen LogP contribution in [0.1, 0.15) is 19.4 Å². The smallest absolute Gasteiger partial charge is 0.224 e. The molecule has 0 aliphatic rings. The van der Waals surface area contributed by atoms with E-state index in [1.54, 1.807) is 6.07 Å². The van der Waals surface area contributed by atoms with Crippen LogP contribution in [0.4, 0.5) is 5.69 Å². The van der Waals surface area contributed by atoms with Crippen LogP contribution in [0.15, 0.2) is 24.3 Å². The van der Waals surface area contributed by atoms with Crippen LogP contribution in [0.3, 0.4) is 0 Å². The molecule has 0 aromatic heterocycles. The van der Waals surface area contributed by atoms with Gasteiger partial charge in [-0.15, -0.1) is 0 Å². The lowest BCUT2D eigenvalue weighted by molar-refractivity contribution is -0.120. The first-order valence-electron chi connectivity index (χ1n) is 6.27. The van der Waals surface area contributed by atoms with Crippen molar-refractivity contribution in [3.8, 4) is 0 Å². The number of nitrogen functional groups attached to an aromatic ring is 1. The third-order valence-electron chi connectivity index (χ3n) is 2.43. The van der Waals surface area contributed by atoms with Crippen LogP contribution in [0.2, 0.25) is 0 Å². The van der Waals surface area contributed by atoms with Gasteiger partial charge in [-0.05, 0) is 17.5 Å². The second-order valence-corrected chi connectivity index (χ2v) is 4.69. The van der Waals surface area contributed by atoms with Gasteiger partial charge in [-0.25, -0.2) is 0 Å². The molecule has 0 atom stereocenters. The fourth-order valence-corrected chi connectivity index (χ4v) is 1.51. The molecular formula is C14H22N2O2. The fraction of sp³-hybridized carbons (Fsp3) is 0.500. The van der Waals surface area contributed by atoms with Gasteiger partial charge in [0, 0.05) is 18.8 Å². The molecular weight excluding hydrogens is 228 g/mol. The summed E-state index contributed by atoms with van der Waals surface area (Å²) in [5.74, 6) is 0.492. The summed E-state index contributed by atoms with van der Waals surface area (Å²) in [5.41, 5.74) is 7.29. The Hall–Kier alpha value is -1.55. The molecule has 0 aliphatic carbocycles. The van der Waals surface area contributed by atoms with Crippen LogP contribution in [0.25, 0.3) is 0 Å². The van der Waals surface area contributed by atoms with Crippen molar-refractivity contribution in [2.75, 3.05) is 25.5 Å². The maximum Gasteiger partial charge on any atom is 0.224 e. The maximum absolute atomic E-state index is 11.6. The molecule has 1 aromatic rings. The first-order valence-corrected chi connectivity index (χ1v) is 6.27. The molecule has 4 nitrogen and oxygen atoms in total. The molecule has 3 N–H and O–H groups in total. The first kappa shape index (κ1) is 14.5. The van der Waals surface area contributed by atoms with Crippen LogP contribution in [-0.2, 0) is 16.0 Å². The average Bonchev–Trinajstić information content (AvgIpc) is 2.31. The Morgan fingerprint density at radius 3 is 2.78 bits per heavy atom. The SMILES string of the molecule is CC(C)COCCNC(=O)Cc1ccccc1N. The van der Waals surface area contributed by atoms with E-state index in [1.807, 2.05) is 18.2 Å². The van der Waals surface area contributed by atoms with Crippen LogP contribution < -0.4 is 11.1 Å². The summed E-state index contributed by atoms with van der Waals surface area (Å²) in [5, 5.41) is 2.81. The monoisotopic (exact) mass is 250 g/mol. The molecule has 0 spiro atoms. The molecule has 0 heterocycles. The van der Waals surface area contributed by atoms with Gasteiger partial charge in [0.15, 0.2) is 0 Å². The second kappa shape index (κ2) is 7.71. The molecule has 0 saturated carbocycles. The number of carbonyl (C=O) groups excluding carboxylic acids is 1. The van der Waals surface area contributed by atoms with Crippen molar-refractivity contribution in [3.05, 3.63) is 29.8 Å². The highest BCUT2D eigenvalue weighted by Crippen LogP contribution is 2.10. The lowest BCUT2D eigenvalue weighted by Gasteiger charge is -2.09. The molecule has 4 heteroatoms. The zero-order chi connectivity index (χ0) is 13.4. The highest BCUT2D eigenvalue weighted by atomic mass is 16.5. The summed E-state index contributed by atoms with van der Waals surface area (Å²) in [6.45, 7) is 6.00. The van der Waals surface area contributed by atoms with E-state index in [4.69, 9.17) is 10.5 Å². The quantitative estimate of drug-likeness (QED) is 0.570. The normalized spacial score (nSPS) is 10.6. The summed E-state index contributed by atoms with van der Waals surface area (Å²) < 4.78 is 5.38. The number of benzene rings is 1. The lowest BCUT2D eigenvalue weighted by Crippen LogP contribution is -2.29. The van der Waals surface area contributed by atoms with E-state index in [2.05, 4.69) is 19.2 Å². The number of hydrogen-bond donors (Lipinski definition) is 2.